The van der Waals surface area contributed by atoms with Gasteiger partial charge >= 0.3 is 0 Å². The molecule has 4 nitrogen and oxygen atoms in total. The topological polar surface area (TPSA) is 66.0 Å². The Kier molecular flexibility index (Phi) is 5.60. The van der Waals surface area contributed by atoms with Crippen LogP contribution in [0.1, 0.15) is 5.76 Å². The number of hydrogen-bond donors (Lipinski definition) is 1. The monoisotopic (exact) mass is 400 g/mol. The fourth-order valence-electron chi connectivity index (χ4n) is 2.32. The van der Waals surface area contributed by atoms with Crippen LogP contribution in [0.2, 0.25) is 10.0 Å². The molecule has 0 aliphatic rings. The van der Waals surface area contributed by atoms with Gasteiger partial charge in [0, 0.05) is 17.3 Å². The van der Waals surface area contributed by atoms with E-state index in [0.717, 1.165) is 6.07 Å². The average molecular weight is 401 g/mol. The second kappa shape index (κ2) is 8.09. The molecule has 0 aliphatic carbocycles. The number of carbonyl (C=O) groups excluding carboxylic acids is 1. The van der Waals surface area contributed by atoms with Crippen LogP contribution in [-0.2, 0) is 4.79 Å². The summed E-state index contributed by atoms with van der Waals surface area (Å²) in [4.78, 5) is 12.2. The van der Waals surface area contributed by atoms with Gasteiger partial charge in [-0.15, -0.1) is 0 Å². The van der Waals surface area contributed by atoms with E-state index in [-0.39, 0.29) is 17.0 Å². The van der Waals surface area contributed by atoms with E-state index in [4.69, 9.17) is 27.6 Å². The average Bonchev–Trinajstić information content (AvgIpc) is 3.10. The molecule has 1 aromatic heterocycles. The SMILES string of the molecule is N#C/C(=C\c1ccc(-c2cccc(Cl)c2Cl)o1)C(=O)Nc1cccc(F)c1. The van der Waals surface area contributed by atoms with Crippen molar-refractivity contribution in [1.29, 1.82) is 5.26 Å². The normalized spacial score (nSPS) is 11.1. The van der Waals surface area contributed by atoms with Crippen molar-refractivity contribution in [2.45, 2.75) is 0 Å². The van der Waals surface area contributed by atoms with E-state index in [0.29, 0.717) is 21.4 Å². The van der Waals surface area contributed by atoms with Crippen molar-refractivity contribution in [3.63, 3.8) is 0 Å². The molecule has 0 aliphatic heterocycles. The van der Waals surface area contributed by atoms with Gasteiger partial charge in [0.1, 0.15) is 29.0 Å². The quantitative estimate of drug-likeness (QED) is 0.435. The molecule has 1 heterocycles. The summed E-state index contributed by atoms with van der Waals surface area (Å²) in [5, 5.41) is 12.4. The lowest BCUT2D eigenvalue weighted by atomic mass is 10.2. The summed E-state index contributed by atoms with van der Waals surface area (Å²) in [7, 11) is 0. The highest BCUT2D eigenvalue weighted by molar-refractivity contribution is 6.43. The number of hydrogen-bond acceptors (Lipinski definition) is 3. The summed E-state index contributed by atoms with van der Waals surface area (Å²) in [5.74, 6) is -0.449. The minimum atomic E-state index is -0.679. The maximum absolute atomic E-state index is 13.2. The van der Waals surface area contributed by atoms with Gasteiger partial charge in [-0.2, -0.15) is 5.26 Å². The molecule has 0 bridgehead atoms. The molecule has 0 fully saturated rings. The minimum absolute atomic E-state index is 0.197. The van der Waals surface area contributed by atoms with Crippen molar-refractivity contribution in [1.82, 2.24) is 0 Å². The van der Waals surface area contributed by atoms with Gasteiger partial charge < -0.3 is 9.73 Å². The smallest absolute Gasteiger partial charge is 0.266 e. The Balaban J connectivity index is 1.84. The Bertz CT molecular complexity index is 1080. The van der Waals surface area contributed by atoms with Gasteiger partial charge in [-0.25, -0.2) is 4.39 Å². The van der Waals surface area contributed by atoms with E-state index in [2.05, 4.69) is 5.32 Å². The first kappa shape index (κ1) is 18.7. The second-order valence-electron chi connectivity index (χ2n) is 5.44. The zero-order chi connectivity index (χ0) is 19.4. The second-order valence-corrected chi connectivity index (χ2v) is 6.22. The molecule has 0 saturated heterocycles. The van der Waals surface area contributed by atoms with Gasteiger partial charge in [-0.05, 0) is 42.5 Å². The van der Waals surface area contributed by atoms with Crippen molar-refractivity contribution >= 4 is 40.9 Å². The van der Waals surface area contributed by atoms with Gasteiger partial charge in [-0.3, -0.25) is 4.79 Å². The van der Waals surface area contributed by atoms with Crippen LogP contribution in [0.15, 0.2) is 64.6 Å². The van der Waals surface area contributed by atoms with Crippen molar-refractivity contribution < 1.29 is 13.6 Å². The Morgan fingerprint density at radius 2 is 1.93 bits per heavy atom. The van der Waals surface area contributed by atoms with Crippen molar-refractivity contribution in [2.75, 3.05) is 5.32 Å². The van der Waals surface area contributed by atoms with Crippen LogP contribution in [-0.4, -0.2) is 5.91 Å². The summed E-state index contributed by atoms with van der Waals surface area (Å²) in [5.41, 5.74) is 0.635. The Morgan fingerprint density at radius 3 is 2.67 bits per heavy atom. The highest BCUT2D eigenvalue weighted by Gasteiger charge is 2.13. The number of furan rings is 1. The molecule has 0 atom stereocenters. The zero-order valence-corrected chi connectivity index (χ0v) is 15.2. The third-order valence-corrected chi connectivity index (χ3v) is 4.40. The molecule has 1 amide bonds. The molecule has 0 spiro atoms. The molecule has 0 unspecified atom stereocenters. The molecule has 134 valence electrons. The van der Waals surface area contributed by atoms with E-state index in [1.54, 1.807) is 36.4 Å². The predicted octanol–water partition coefficient (Wildman–Crippen LogP) is 5.94. The number of nitrogens with one attached hydrogen (secondary N) is 1. The van der Waals surface area contributed by atoms with E-state index < -0.39 is 11.7 Å². The Labute approximate surface area is 164 Å². The molecule has 3 rings (SSSR count). The van der Waals surface area contributed by atoms with Crippen molar-refractivity contribution in [2.24, 2.45) is 0 Å². The molecule has 1 N–H and O–H groups in total. The van der Waals surface area contributed by atoms with Gasteiger partial charge in [0.25, 0.3) is 5.91 Å². The molecular formula is C20H11Cl2FN2O2. The number of carbonyl (C=O) groups is 1. The fraction of sp³-hybridized carbons (Fsp3) is 0. The molecule has 2 aromatic carbocycles. The maximum atomic E-state index is 13.2. The van der Waals surface area contributed by atoms with Gasteiger partial charge in [0.2, 0.25) is 0 Å². The van der Waals surface area contributed by atoms with Crippen molar-refractivity contribution in [3.05, 3.63) is 81.8 Å². The van der Waals surface area contributed by atoms with Crippen LogP contribution >= 0.6 is 23.2 Å². The number of rotatable bonds is 4. The van der Waals surface area contributed by atoms with Gasteiger partial charge in [-0.1, -0.05) is 35.3 Å². The summed E-state index contributed by atoms with van der Waals surface area (Å²) in [6.07, 6.45) is 1.29. The van der Waals surface area contributed by atoms with Crippen LogP contribution in [0.4, 0.5) is 10.1 Å². The minimum Gasteiger partial charge on any atom is -0.457 e. The highest BCUT2D eigenvalue weighted by atomic mass is 35.5. The van der Waals surface area contributed by atoms with E-state index in [1.165, 1.54) is 24.3 Å². The lowest BCUT2D eigenvalue weighted by Gasteiger charge is -2.04. The first-order valence-corrected chi connectivity index (χ1v) is 8.46. The van der Waals surface area contributed by atoms with E-state index >= 15 is 0 Å². The van der Waals surface area contributed by atoms with Gasteiger partial charge in [0.05, 0.1) is 10.0 Å². The molecule has 0 saturated carbocycles. The van der Waals surface area contributed by atoms with Crippen LogP contribution in [0.5, 0.6) is 0 Å². The summed E-state index contributed by atoms with van der Waals surface area (Å²) >= 11 is 12.2. The molecule has 7 heteroatoms. The molecule has 27 heavy (non-hydrogen) atoms. The van der Waals surface area contributed by atoms with Gasteiger partial charge in [0.15, 0.2) is 0 Å². The van der Waals surface area contributed by atoms with Crippen LogP contribution in [0, 0.1) is 17.1 Å². The van der Waals surface area contributed by atoms with E-state index in [9.17, 15) is 14.4 Å². The van der Waals surface area contributed by atoms with E-state index in [1.807, 2.05) is 0 Å². The Hall–Kier alpha value is -3.07. The lowest BCUT2D eigenvalue weighted by molar-refractivity contribution is -0.112. The molecular weight excluding hydrogens is 390 g/mol. The van der Waals surface area contributed by atoms with Crippen LogP contribution < -0.4 is 5.32 Å². The maximum Gasteiger partial charge on any atom is 0.266 e. The predicted molar refractivity (Wildman–Crippen MR) is 103 cm³/mol. The first-order valence-electron chi connectivity index (χ1n) is 7.71. The number of amides is 1. The van der Waals surface area contributed by atoms with Crippen LogP contribution in [0.25, 0.3) is 17.4 Å². The number of nitriles is 1. The number of halogens is 3. The third-order valence-electron chi connectivity index (χ3n) is 3.58. The molecule has 3 aromatic rings. The number of benzene rings is 2. The van der Waals surface area contributed by atoms with Crippen LogP contribution in [0.3, 0.4) is 0 Å². The van der Waals surface area contributed by atoms with Crippen molar-refractivity contribution in [3.8, 4) is 17.4 Å². The first-order chi connectivity index (χ1) is 13.0. The standard InChI is InChI=1S/C20H11Cl2FN2O2/c21-17-6-2-5-16(19(17)22)18-8-7-15(27-18)9-12(11-24)20(26)25-14-4-1-3-13(23)10-14/h1-10H,(H,25,26)/b12-9+. The Morgan fingerprint density at radius 1 is 1.15 bits per heavy atom. The number of anilines is 1. The third kappa shape index (κ3) is 4.37. The summed E-state index contributed by atoms with van der Waals surface area (Å²) in [6.45, 7) is 0. The summed E-state index contributed by atoms with van der Waals surface area (Å²) < 4.78 is 18.9. The zero-order valence-electron chi connectivity index (χ0n) is 13.7. The largest absolute Gasteiger partial charge is 0.457 e. The number of nitrogens with zero attached hydrogens (tertiary/aromatic N) is 1. The summed E-state index contributed by atoms with van der Waals surface area (Å²) in [6, 6.07) is 15.6. The highest BCUT2D eigenvalue weighted by Crippen LogP contribution is 2.34. The fourth-order valence-corrected chi connectivity index (χ4v) is 2.72. The molecule has 0 radical (unpaired) electrons. The lowest BCUT2D eigenvalue weighted by Crippen LogP contribution is -2.13.